The zero-order valence-electron chi connectivity index (χ0n) is 6.10. The van der Waals surface area contributed by atoms with Crippen LogP contribution in [0, 0.1) is 12.7 Å². The number of hydrogen-bond acceptors (Lipinski definition) is 2. The van der Waals surface area contributed by atoms with Gasteiger partial charge in [0.25, 0.3) is 0 Å². The Kier molecular flexibility index (Phi) is 3.85. The topological polar surface area (TPSA) is 38.0 Å². The van der Waals surface area contributed by atoms with Crippen molar-refractivity contribution in [2.75, 3.05) is 5.43 Å². The van der Waals surface area contributed by atoms with E-state index in [2.05, 4.69) is 5.43 Å². The Morgan fingerprint density at radius 3 is 2.45 bits per heavy atom. The summed E-state index contributed by atoms with van der Waals surface area (Å²) in [6, 6.07) is 4.55. The molecule has 0 aliphatic carbocycles. The van der Waals surface area contributed by atoms with E-state index in [9.17, 15) is 4.39 Å². The van der Waals surface area contributed by atoms with Gasteiger partial charge in [0.05, 0.1) is 5.69 Å². The van der Waals surface area contributed by atoms with Crippen LogP contribution in [0.3, 0.4) is 0 Å². The van der Waals surface area contributed by atoms with Gasteiger partial charge < -0.3 is 5.43 Å². The van der Waals surface area contributed by atoms with Crippen molar-refractivity contribution >= 4 is 18.1 Å². The normalized spacial score (nSPS) is 8.64. The summed E-state index contributed by atoms with van der Waals surface area (Å²) in [4.78, 5) is 0. The van der Waals surface area contributed by atoms with E-state index >= 15 is 0 Å². The van der Waals surface area contributed by atoms with Crippen LogP contribution < -0.4 is 11.3 Å². The Morgan fingerprint density at radius 2 is 2.00 bits per heavy atom. The summed E-state index contributed by atoms with van der Waals surface area (Å²) in [5, 5.41) is 0. The van der Waals surface area contributed by atoms with E-state index in [4.69, 9.17) is 5.84 Å². The molecule has 0 heterocycles. The molecule has 1 aromatic rings. The van der Waals surface area contributed by atoms with Gasteiger partial charge in [0.1, 0.15) is 5.82 Å². The van der Waals surface area contributed by atoms with Gasteiger partial charge in [-0.15, -0.1) is 12.4 Å². The predicted octanol–water partition coefficient (Wildman–Crippen LogP) is 1.84. The minimum absolute atomic E-state index is 0. The fourth-order valence-corrected chi connectivity index (χ4v) is 0.820. The summed E-state index contributed by atoms with van der Waals surface area (Å²) < 4.78 is 12.5. The number of nitrogens with one attached hydrogen (secondary N) is 1. The Morgan fingerprint density at radius 1 is 1.36 bits per heavy atom. The summed E-state index contributed by atoms with van der Waals surface area (Å²) in [6.07, 6.45) is 0. The lowest BCUT2D eigenvalue weighted by Gasteiger charge is -2.00. The van der Waals surface area contributed by atoms with Gasteiger partial charge in [-0.05, 0) is 30.7 Å². The van der Waals surface area contributed by atoms with E-state index in [1.807, 2.05) is 6.92 Å². The minimum atomic E-state index is -0.270. The maximum absolute atomic E-state index is 12.5. The highest BCUT2D eigenvalue weighted by Gasteiger charge is 1.93. The highest BCUT2D eigenvalue weighted by Crippen LogP contribution is 2.11. The van der Waals surface area contributed by atoms with E-state index in [0.29, 0.717) is 5.69 Å². The molecule has 0 aromatic heterocycles. The molecule has 0 unspecified atom stereocenters. The maximum Gasteiger partial charge on any atom is 0.125 e. The standard InChI is InChI=1S/C7H9FN2.ClH/c1-5-2-6(8)4-7(3-5)10-9;/h2-4,10H,9H2,1H3;1H. The fourth-order valence-electron chi connectivity index (χ4n) is 0.820. The van der Waals surface area contributed by atoms with E-state index < -0.39 is 0 Å². The van der Waals surface area contributed by atoms with Crippen molar-refractivity contribution in [2.45, 2.75) is 6.92 Å². The number of hydrazine groups is 1. The smallest absolute Gasteiger partial charge is 0.125 e. The third kappa shape index (κ3) is 2.74. The molecule has 0 fully saturated rings. The summed E-state index contributed by atoms with van der Waals surface area (Å²) in [6.45, 7) is 1.81. The van der Waals surface area contributed by atoms with Gasteiger partial charge in [0.15, 0.2) is 0 Å². The molecule has 0 saturated heterocycles. The molecule has 4 heteroatoms. The molecule has 0 aliphatic rings. The van der Waals surface area contributed by atoms with Crippen LogP contribution in [0.5, 0.6) is 0 Å². The Hall–Kier alpha value is -0.800. The van der Waals surface area contributed by atoms with E-state index in [-0.39, 0.29) is 18.2 Å². The number of halogens is 2. The van der Waals surface area contributed by atoms with Gasteiger partial charge in [-0.1, -0.05) is 0 Å². The average Bonchev–Trinajstić information content (AvgIpc) is 1.85. The van der Waals surface area contributed by atoms with Gasteiger partial charge in [-0.25, -0.2) is 4.39 Å². The highest BCUT2D eigenvalue weighted by atomic mass is 35.5. The molecule has 0 radical (unpaired) electrons. The van der Waals surface area contributed by atoms with E-state index in [0.717, 1.165) is 5.56 Å². The molecule has 2 nitrogen and oxygen atoms in total. The van der Waals surface area contributed by atoms with E-state index in [1.165, 1.54) is 12.1 Å². The summed E-state index contributed by atoms with van der Waals surface area (Å²) >= 11 is 0. The number of anilines is 1. The van der Waals surface area contributed by atoms with Gasteiger partial charge in [0, 0.05) is 0 Å². The number of nitrogens with two attached hydrogens (primary N) is 1. The molecule has 0 amide bonds. The van der Waals surface area contributed by atoms with Crippen LogP contribution in [0.4, 0.5) is 10.1 Å². The van der Waals surface area contributed by atoms with Crippen molar-refractivity contribution in [2.24, 2.45) is 5.84 Å². The quantitative estimate of drug-likeness (QED) is 0.506. The number of hydrogen-bond donors (Lipinski definition) is 2. The van der Waals surface area contributed by atoms with Crippen molar-refractivity contribution in [3.8, 4) is 0 Å². The largest absolute Gasteiger partial charge is 0.324 e. The monoisotopic (exact) mass is 176 g/mol. The van der Waals surface area contributed by atoms with Gasteiger partial charge >= 0.3 is 0 Å². The van der Waals surface area contributed by atoms with Crippen molar-refractivity contribution in [1.82, 2.24) is 0 Å². The second kappa shape index (κ2) is 4.16. The van der Waals surface area contributed by atoms with Gasteiger partial charge in [-0.3, -0.25) is 5.84 Å². The van der Waals surface area contributed by atoms with Gasteiger partial charge in [0.2, 0.25) is 0 Å². The molecule has 3 N–H and O–H groups in total. The average molecular weight is 177 g/mol. The van der Waals surface area contributed by atoms with Crippen molar-refractivity contribution < 1.29 is 4.39 Å². The van der Waals surface area contributed by atoms with Crippen LogP contribution in [-0.4, -0.2) is 0 Å². The molecule has 0 aliphatic heterocycles. The third-order valence-electron chi connectivity index (χ3n) is 1.21. The maximum atomic E-state index is 12.5. The molecule has 0 spiro atoms. The first-order valence-electron chi connectivity index (χ1n) is 2.96. The second-order valence-corrected chi connectivity index (χ2v) is 2.16. The molecule has 1 rings (SSSR count). The number of rotatable bonds is 1. The zero-order chi connectivity index (χ0) is 7.56. The SMILES string of the molecule is Cc1cc(F)cc(NN)c1.Cl. The Balaban J connectivity index is 0.000001000. The predicted molar refractivity (Wildman–Crippen MR) is 46.2 cm³/mol. The summed E-state index contributed by atoms with van der Waals surface area (Å²) in [7, 11) is 0. The Bertz CT molecular complexity index is 220. The first kappa shape index (κ1) is 10.2. The highest BCUT2D eigenvalue weighted by molar-refractivity contribution is 5.85. The number of aryl methyl sites for hydroxylation is 1. The number of benzene rings is 1. The van der Waals surface area contributed by atoms with Crippen LogP contribution in [-0.2, 0) is 0 Å². The summed E-state index contributed by atoms with van der Waals surface area (Å²) in [5.74, 6) is 4.80. The van der Waals surface area contributed by atoms with Crippen molar-refractivity contribution in [3.05, 3.63) is 29.6 Å². The molecular formula is C7H10ClFN2. The molecule has 1 aromatic carbocycles. The lowest BCUT2D eigenvalue weighted by Crippen LogP contribution is -2.06. The first-order valence-corrected chi connectivity index (χ1v) is 2.96. The molecule has 11 heavy (non-hydrogen) atoms. The van der Waals surface area contributed by atoms with Crippen LogP contribution in [0.25, 0.3) is 0 Å². The van der Waals surface area contributed by atoms with Crippen LogP contribution in [0.15, 0.2) is 18.2 Å². The number of nitrogen functional groups attached to an aromatic ring is 1. The van der Waals surface area contributed by atoms with Crippen LogP contribution in [0.1, 0.15) is 5.56 Å². The van der Waals surface area contributed by atoms with Crippen LogP contribution >= 0.6 is 12.4 Å². The second-order valence-electron chi connectivity index (χ2n) is 2.16. The first-order chi connectivity index (χ1) is 4.72. The lowest BCUT2D eigenvalue weighted by molar-refractivity contribution is 0.627. The minimum Gasteiger partial charge on any atom is -0.324 e. The van der Waals surface area contributed by atoms with Gasteiger partial charge in [-0.2, -0.15) is 0 Å². The molecular weight excluding hydrogens is 167 g/mol. The lowest BCUT2D eigenvalue weighted by atomic mass is 10.2. The van der Waals surface area contributed by atoms with Crippen LogP contribution in [0.2, 0.25) is 0 Å². The fraction of sp³-hybridized carbons (Fsp3) is 0.143. The molecule has 62 valence electrons. The molecule has 0 bridgehead atoms. The van der Waals surface area contributed by atoms with Crippen molar-refractivity contribution in [1.29, 1.82) is 0 Å². The van der Waals surface area contributed by atoms with E-state index in [1.54, 1.807) is 6.07 Å². The zero-order valence-corrected chi connectivity index (χ0v) is 6.91. The molecule has 0 saturated carbocycles. The molecule has 0 atom stereocenters. The third-order valence-corrected chi connectivity index (χ3v) is 1.21. The Labute approximate surface area is 71.0 Å². The summed E-state index contributed by atoms with van der Waals surface area (Å²) in [5.41, 5.74) is 3.82. The van der Waals surface area contributed by atoms with Crippen molar-refractivity contribution in [3.63, 3.8) is 0 Å².